The van der Waals surface area contributed by atoms with Crippen LogP contribution in [0.25, 0.3) is 12.2 Å². The van der Waals surface area contributed by atoms with Crippen molar-refractivity contribution in [3.63, 3.8) is 0 Å². The summed E-state index contributed by atoms with van der Waals surface area (Å²) in [4.78, 5) is 34.4. The van der Waals surface area contributed by atoms with Gasteiger partial charge in [-0.3, -0.25) is 25.0 Å². The number of aliphatic hydroxyl groups is 2. The molecule has 0 fully saturated rings. The Morgan fingerprint density at radius 3 is 1.79 bits per heavy atom. The fourth-order valence-electron chi connectivity index (χ4n) is 5.35. The molecule has 0 unspecified atom stereocenters. The van der Waals surface area contributed by atoms with Gasteiger partial charge in [0.2, 0.25) is 11.5 Å². The molecule has 15 heteroatoms. The summed E-state index contributed by atoms with van der Waals surface area (Å²) in [5, 5.41) is 41.4. The SMILES string of the molecule is COc1c([N+](=O)[O-])cc2c(c1OC)C=CC(C)(C)O2.COc1c2c(cc([N+](=O)[O-])c1C(=O)C#CCOc1ccc(CO)c(CO)c1)OC(C)(C)C=C2. The standard InChI is InChI=1S/C24H23NO8.C13H15NO5/c1-24(2)9-8-18-21(33-24)12-19(25(29)30)22(23(18)31-3)20(28)5-4-10-32-17-7-6-15(13-26)16(11-17)14-27;1-13(2)6-5-8-10(19-13)7-9(14(15)16)12(18-4)11(8)17-3/h6-9,11-12,26-27H,10,13-14H2,1-3H3;5-7H,1-4H3. The van der Waals surface area contributed by atoms with Crippen LogP contribution in [0.4, 0.5) is 11.4 Å². The number of benzene rings is 3. The van der Waals surface area contributed by atoms with Gasteiger partial charge in [-0.25, -0.2) is 0 Å². The molecule has 3 aromatic carbocycles. The number of hydrogen-bond acceptors (Lipinski definition) is 13. The minimum atomic E-state index is -0.796. The lowest BCUT2D eigenvalue weighted by atomic mass is 9.96. The van der Waals surface area contributed by atoms with Gasteiger partial charge in [-0.2, -0.15) is 0 Å². The lowest BCUT2D eigenvalue weighted by Crippen LogP contribution is -2.28. The average Bonchev–Trinajstić information content (AvgIpc) is 3.10. The highest BCUT2D eigenvalue weighted by Gasteiger charge is 2.34. The third-order valence-corrected chi connectivity index (χ3v) is 7.79. The Bertz CT molecular complexity index is 2020. The van der Waals surface area contributed by atoms with Crippen molar-refractivity contribution in [1.82, 2.24) is 0 Å². The summed E-state index contributed by atoms with van der Waals surface area (Å²) in [5.41, 5.74) is 0.0463. The summed E-state index contributed by atoms with van der Waals surface area (Å²) in [6.45, 7) is 6.68. The summed E-state index contributed by atoms with van der Waals surface area (Å²) in [7, 11) is 4.12. The van der Waals surface area contributed by atoms with E-state index in [-0.39, 0.29) is 48.3 Å². The highest BCUT2D eigenvalue weighted by molar-refractivity contribution is 6.14. The van der Waals surface area contributed by atoms with E-state index in [0.717, 1.165) is 0 Å². The zero-order valence-corrected chi connectivity index (χ0v) is 29.6. The maximum absolute atomic E-state index is 12.8. The molecule has 2 N–H and O–H groups in total. The van der Waals surface area contributed by atoms with Crippen LogP contribution in [0.2, 0.25) is 0 Å². The Morgan fingerprint density at radius 2 is 1.29 bits per heavy atom. The number of rotatable bonds is 10. The third-order valence-electron chi connectivity index (χ3n) is 7.79. The van der Waals surface area contributed by atoms with Gasteiger partial charge < -0.3 is 38.6 Å². The monoisotopic (exact) mass is 718 g/mol. The van der Waals surface area contributed by atoms with Crippen molar-refractivity contribution in [3.05, 3.63) is 90.5 Å². The maximum Gasteiger partial charge on any atom is 0.318 e. The number of ketones is 1. The lowest BCUT2D eigenvalue weighted by molar-refractivity contribution is -0.385. The van der Waals surface area contributed by atoms with E-state index >= 15 is 0 Å². The number of nitro benzene ring substituents is 2. The molecule has 274 valence electrons. The van der Waals surface area contributed by atoms with E-state index in [0.29, 0.717) is 39.5 Å². The largest absolute Gasteiger partial charge is 0.495 e. The van der Waals surface area contributed by atoms with E-state index in [1.165, 1.54) is 33.5 Å². The van der Waals surface area contributed by atoms with Crippen molar-refractivity contribution in [1.29, 1.82) is 0 Å². The first-order valence-electron chi connectivity index (χ1n) is 15.7. The second kappa shape index (κ2) is 15.8. The van der Waals surface area contributed by atoms with E-state index in [1.54, 1.807) is 44.2 Å². The topological polar surface area (TPSA) is 199 Å². The Kier molecular flexibility index (Phi) is 11.8. The fraction of sp³-hybridized carbons (Fsp3) is 0.324. The Morgan fingerprint density at radius 1 is 0.769 bits per heavy atom. The Balaban J connectivity index is 0.000000269. The van der Waals surface area contributed by atoms with Gasteiger partial charge in [0.15, 0.2) is 11.3 Å². The van der Waals surface area contributed by atoms with Crippen LogP contribution in [-0.2, 0) is 13.2 Å². The molecule has 0 aromatic heterocycles. The predicted octanol–water partition coefficient (Wildman–Crippen LogP) is 5.83. The number of fused-ring (bicyclic) bond motifs is 2. The number of nitro groups is 2. The van der Waals surface area contributed by atoms with E-state index in [1.807, 2.05) is 26.0 Å². The van der Waals surface area contributed by atoms with E-state index in [2.05, 4.69) is 11.8 Å². The fourth-order valence-corrected chi connectivity index (χ4v) is 5.35. The molecule has 0 bridgehead atoms. The molecule has 0 aliphatic carbocycles. The molecule has 0 amide bonds. The van der Waals surface area contributed by atoms with E-state index in [9.17, 15) is 35.2 Å². The lowest BCUT2D eigenvalue weighted by Gasteiger charge is -2.28. The molecule has 2 heterocycles. The van der Waals surface area contributed by atoms with Gasteiger partial charge in [0.1, 0.15) is 40.8 Å². The van der Waals surface area contributed by atoms with Crippen LogP contribution in [0.1, 0.15) is 60.3 Å². The molecule has 3 aromatic rings. The highest BCUT2D eigenvalue weighted by Crippen LogP contribution is 2.48. The molecule has 0 radical (unpaired) electrons. The van der Waals surface area contributed by atoms with E-state index in [4.69, 9.17) is 28.4 Å². The van der Waals surface area contributed by atoms with Crippen molar-refractivity contribution >= 4 is 29.3 Å². The second-order valence-electron chi connectivity index (χ2n) is 12.3. The van der Waals surface area contributed by atoms with Gasteiger partial charge in [-0.05, 0) is 81.2 Å². The van der Waals surface area contributed by atoms with Gasteiger partial charge in [0.05, 0.1) is 67.6 Å². The maximum atomic E-state index is 12.8. The van der Waals surface area contributed by atoms with Gasteiger partial charge in [0.25, 0.3) is 5.69 Å². The van der Waals surface area contributed by atoms with Crippen LogP contribution in [0.5, 0.6) is 34.5 Å². The van der Waals surface area contributed by atoms with Gasteiger partial charge in [0, 0.05) is 0 Å². The summed E-state index contributed by atoms with van der Waals surface area (Å²) in [6, 6.07) is 7.33. The normalized spacial score (nSPS) is 14.0. The van der Waals surface area contributed by atoms with Crippen LogP contribution in [0.3, 0.4) is 0 Å². The molecule has 5 rings (SSSR count). The highest BCUT2D eigenvalue weighted by atomic mass is 16.6. The number of carbonyl (C=O) groups excluding carboxylic acids is 1. The summed E-state index contributed by atoms with van der Waals surface area (Å²) < 4.78 is 32.7. The van der Waals surface area contributed by atoms with Crippen molar-refractivity contribution in [2.75, 3.05) is 27.9 Å². The molecule has 0 spiro atoms. The zero-order chi connectivity index (χ0) is 38.4. The van der Waals surface area contributed by atoms with Gasteiger partial charge >= 0.3 is 5.69 Å². The summed E-state index contributed by atoms with van der Waals surface area (Å²) >= 11 is 0. The first kappa shape index (κ1) is 38.7. The number of hydrogen-bond donors (Lipinski definition) is 2. The molecule has 2 aliphatic heterocycles. The van der Waals surface area contributed by atoms with Gasteiger partial charge in [-0.15, -0.1) is 0 Å². The number of Topliss-reactive ketones (excluding diaryl/α,β-unsaturated/α-hetero) is 1. The Hall–Kier alpha value is -6.11. The minimum absolute atomic E-state index is 0.0124. The molecular weight excluding hydrogens is 680 g/mol. The molecule has 0 saturated carbocycles. The van der Waals surface area contributed by atoms with Crippen molar-refractivity contribution in [2.45, 2.75) is 52.1 Å². The van der Waals surface area contributed by atoms with Crippen LogP contribution in [0.15, 0.2) is 42.5 Å². The molecule has 2 aliphatic rings. The van der Waals surface area contributed by atoms with Crippen LogP contribution in [0, 0.1) is 32.1 Å². The minimum Gasteiger partial charge on any atom is -0.495 e. The number of methoxy groups -OCH3 is 3. The number of nitrogens with zero attached hydrogens (tertiary/aromatic N) is 2. The van der Waals surface area contributed by atoms with Crippen molar-refractivity contribution < 1.29 is 53.3 Å². The average molecular weight is 719 g/mol. The predicted molar refractivity (Wildman–Crippen MR) is 189 cm³/mol. The number of carbonyl (C=O) groups is 1. The first-order valence-corrected chi connectivity index (χ1v) is 15.7. The van der Waals surface area contributed by atoms with Crippen LogP contribution in [-0.4, -0.2) is 65.0 Å². The molecular formula is C37H38N2O13. The number of aliphatic hydroxyl groups excluding tert-OH is 2. The van der Waals surface area contributed by atoms with Gasteiger partial charge in [-0.1, -0.05) is 12.0 Å². The van der Waals surface area contributed by atoms with Crippen molar-refractivity contribution in [3.8, 4) is 46.3 Å². The summed E-state index contributed by atoms with van der Waals surface area (Å²) in [6.07, 6.45) is 7.15. The second-order valence-corrected chi connectivity index (χ2v) is 12.3. The number of ether oxygens (including phenoxy) is 6. The first-order chi connectivity index (χ1) is 24.6. The summed E-state index contributed by atoms with van der Waals surface area (Å²) in [5.74, 6) is 5.57. The quantitative estimate of drug-likeness (QED) is 0.0835. The Labute approximate surface area is 299 Å². The molecule has 0 saturated heterocycles. The van der Waals surface area contributed by atoms with Crippen LogP contribution >= 0.6 is 0 Å². The molecule has 52 heavy (non-hydrogen) atoms. The third kappa shape index (κ3) is 8.43. The van der Waals surface area contributed by atoms with Crippen molar-refractivity contribution in [2.24, 2.45) is 0 Å². The van der Waals surface area contributed by atoms with Crippen LogP contribution < -0.4 is 28.4 Å². The zero-order valence-electron chi connectivity index (χ0n) is 29.6. The smallest absolute Gasteiger partial charge is 0.318 e. The molecule has 15 nitrogen and oxygen atoms in total. The molecule has 0 atom stereocenters. The van der Waals surface area contributed by atoms with E-state index < -0.39 is 32.5 Å².